The summed E-state index contributed by atoms with van der Waals surface area (Å²) < 4.78 is 13.5. The Morgan fingerprint density at radius 1 is 1.22 bits per heavy atom. The number of benzene rings is 2. The van der Waals surface area contributed by atoms with Crippen molar-refractivity contribution in [2.24, 2.45) is 0 Å². The Labute approximate surface area is 150 Å². The van der Waals surface area contributed by atoms with E-state index in [-0.39, 0.29) is 11.9 Å². The smallest absolute Gasteiger partial charge is 0.178 e. The van der Waals surface area contributed by atoms with E-state index < -0.39 is 0 Å². The van der Waals surface area contributed by atoms with Crippen molar-refractivity contribution in [1.82, 2.24) is 0 Å². The number of anilines is 2. The number of aryl methyl sites for hydroxylation is 1. The molecule has 3 rings (SSSR count). The van der Waals surface area contributed by atoms with Crippen LogP contribution in [0.15, 0.2) is 36.4 Å². The Kier molecular flexibility index (Phi) is 4.76. The Morgan fingerprint density at radius 3 is 2.61 bits per heavy atom. The average molecular weight is 369 g/mol. The topological polar surface area (TPSA) is 15.3 Å². The van der Waals surface area contributed by atoms with Gasteiger partial charge in [-0.2, -0.15) is 0 Å². The summed E-state index contributed by atoms with van der Waals surface area (Å²) in [6.45, 7) is 2.10. The lowest BCUT2D eigenvalue weighted by molar-refractivity contribution is 0.604. The average Bonchev–Trinajstić information content (AvgIpc) is 2.46. The monoisotopic (exact) mass is 368 g/mol. The van der Waals surface area contributed by atoms with Crippen LogP contribution in [0.3, 0.4) is 0 Å². The molecule has 0 aliphatic carbocycles. The first kappa shape index (κ1) is 16.5. The molecule has 0 saturated carbocycles. The minimum atomic E-state index is -0.223. The summed E-state index contributed by atoms with van der Waals surface area (Å²) in [5.41, 5.74) is 2.64. The van der Waals surface area contributed by atoms with Gasteiger partial charge in [-0.1, -0.05) is 23.2 Å². The molecule has 0 saturated heterocycles. The highest BCUT2D eigenvalue weighted by Gasteiger charge is 2.26. The predicted octanol–water partition coefficient (Wildman–Crippen LogP) is 5.67. The number of hydrogen-bond donors (Lipinski definition) is 1. The van der Waals surface area contributed by atoms with E-state index >= 15 is 0 Å². The highest BCUT2D eigenvalue weighted by atomic mass is 35.5. The van der Waals surface area contributed by atoms with Crippen LogP contribution < -0.4 is 10.2 Å². The summed E-state index contributed by atoms with van der Waals surface area (Å²) in [5.74, 6) is -0.223. The lowest BCUT2D eigenvalue weighted by Gasteiger charge is -2.37. The number of hydrogen-bond acceptors (Lipinski definition) is 1. The van der Waals surface area contributed by atoms with Crippen LogP contribution in [0.5, 0.6) is 0 Å². The molecule has 0 radical (unpaired) electrons. The van der Waals surface area contributed by atoms with Crippen LogP contribution in [0.2, 0.25) is 10.0 Å². The van der Waals surface area contributed by atoms with Crippen LogP contribution in [0, 0.1) is 5.82 Å². The highest BCUT2D eigenvalue weighted by molar-refractivity contribution is 7.80. The van der Waals surface area contributed by atoms with Crippen molar-refractivity contribution < 1.29 is 4.39 Å². The molecule has 0 aromatic heterocycles. The normalized spacial score (nSPS) is 16.9. The number of nitrogens with one attached hydrogen (secondary N) is 1. The second-order valence-electron chi connectivity index (χ2n) is 5.62. The first-order chi connectivity index (χ1) is 10.9. The summed E-state index contributed by atoms with van der Waals surface area (Å²) in [5, 5.41) is 4.80. The maximum Gasteiger partial charge on any atom is 0.178 e. The maximum atomic E-state index is 13.5. The summed E-state index contributed by atoms with van der Waals surface area (Å²) in [6, 6.07) is 10.2. The van der Waals surface area contributed by atoms with E-state index in [2.05, 4.69) is 12.2 Å². The molecular weight excluding hydrogens is 354 g/mol. The van der Waals surface area contributed by atoms with Crippen LogP contribution in [0.1, 0.15) is 18.9 Å². The summed E-state index contributed by atoms with van der Waals surface area (Å²) in [4.78, 5) is 2.02. The third kappa shape index (κ3) is 3.60. The Hall–Kier alpha value is -1.36. The second kappa shape index (κ2) is 6.63. The standard InChI is InChI=1S/C17H15Cl2FN2S/c1-10-2-3-11-6-14(20)4-5-16(11)22(10)17(23)21-15-8-12(18)7-13(19)9-15/h4-10H,2-3H2,1H3,(H,21,23). The molecule has 1 aliphatic rings. The van der Waals surface area contributed by atoms with Gasteiger partial charge in [-0.15, -0.1) is 0 Å². The van der Waals surface area contributed by atoms with Gasteiger partial charge in [-0.05, 0) is 73.9 Å². The molecule has 0 spiro atoms. The predicted molar refractivity (Wildman–Crippen MR) is 99.3 cm³/mol. The van der Waals surface area contributed by atoms with E-state index in [0.29, 0.717) is 15.2 Å². The fourth-order valence-electron chi connectivity index (χ4n) is 2.84. The molecule has 1 N–H and O–H groups in total. The molecule has 1 unspecified atom stereocenters. The second-order valence-corrected chi connectivity index (χ2v) is 6.88. The van der Waals surface area contributed by atoms with E-state index in [4.69, 9.17) is 35.4 Å². The molecule has 120 valence electrons. The number of nitrogens with zero attached hydrogens (tertiary/aromatic N) is 1. The fourth-order valence-corrected chi connectivity index (χ4v) is 3.76. The molecule has 23 heavy (non-hydrogen) atoms. The van der Waals surface area contributed by atoms with Crippen molar-refractivity contribution in [2.75, 3.05) is 10.2 Å². The minimum Gasteiger partial charge on any atom is -0.332 e. The Morgan fingerprint density at radius 2 is 1.91 bits per heavy atom. The molecule has 2 aromatic carbocycles. The minimum absolute atomic E-state index is 0.223. The quantitative estimate of drug-likeness (QED) is 0.652. The third-order valence-electron chi connectivity index (χ3n) is 3.91. The van der Waals surface area contributed by atoms with Crippen LogP contribution in [-0.4, -0.2) is 11.2 Å². The van der Waals surface area contributed by atoms with Gasteiger partial charge in [0.1, 0.15) is 5.82 Å². The van der Waals surface area contributed by atoms with Crippen LogP contribution in [0.25, 0.3) is 0 Å². The van der Waals surface area contributed by atoms with Gasteiger partial charge in [0.25, 0.3) is 0 Å². The summed E-state index contributed by atoms with van der Waals surface area (Å²) in [6.07, 6.45) is 1.75. The number of thiocarbonyl (C=S) groups is 1. The van der Waals surface area contributed by atoms with Crippen molar-refractivity contribution >= 4 is 51.9 Å². The molecule has 1 heterocycles. The summed E-state index contributed by atoms with van der Waals surface area (Å²) in [7, 11) is 0. The van der Waals surface area contributed by atoms with Gasteiger partial charge in [0.15, 0.2) is 5.11 Å². The zero-order valence-corrected chi connectivity index (χ0v) is 14.8. The maximum absolute atomic E-state index is 13.5. The third-order valence-corrected chi connectivity index (χ3v) is 4.64. The molecular formula is C17H15Cl2FN2S. The number of fused-ring (bicyclic) bond motifs is 1. The van der Waals surface area contributed by atoms with E-state index in [1.54, 1.807) is 30.3 Å². The highest BCUT2D eigenvalue weighted by Crippen LogP contribution is 2.32. The molecule has 6 heteroatoms. The Balaban J connectivity index is 1.90. The van der Waals surface area contributed by atoms with E-state index in [1.807, 2.05) is 4.90 Å². The molecule has 2 nitrogen and oxygen atoms in total. The fraction of sp³-hybridized carbons (Fsp3) is 0.235. The van der Waals surface area contributed by atoms with Gasteiger partial charge in [0, 0.05) is 27.5 Å². The van der Waals surface area contributed by atoms with E-state index in [1.165, 1.54) is 6.07 Å². The van der Waals surface area contributed by atoms with Crippen molar-refractivity contribution in [3.63, 3.8) is 0 Å². The molecule has 1 atom stereocenters. The SMILES string of the molecule is CC1CCc2cc(F)ccc2N1C(=S)Nc1cc(Cl)cc(Cl)c1. The van der Waals surface area contributed by atoms with Crippen molar-refractivity contribution in [2.45, 2.75) is 25.8 Å². The van der Waals surface area contributed by atoms with E-state index in [0.717, 1.165) is 29.8 Å². The molecule has 2 aromatic rings. The molecule has 0 amide bonds. The van der Waals surface area contributed by atoms with Crippen molar-refractivity contribution in [3.8, 4) is 0 Å². The van der Waals surface area contributed by atoms with Gasteiger partial charge < -0.3 is 10.2 Å². The lowest BCUT2D eigenvalue weighted by atomic mass is 9.97. The van der Waals surface area contributed by atoms with Crippen LogP contribution in [-0.2, 0) is 6.42 Å². The number of halogens is 3. The van der Waals surface area contributed by atoms with Crippen molar-refractivity contribution in [3.05, 3.63) is 57.8 Å². The van der Waals surface area contributed by atoms with Crippen molar-refractivity contribution in [1.29, 1.82) is 0 Å². The van der Waals surface area contributed by atoms with Gasteiger partial charge in [0.05, 0.1) is 0 Å². The van der Waals surface area contributed by atoms with Crippen LogP contribution in [0.4, 0.5) is 15.8 Å². The first-order valence-electron chi connectivity index (χ1n) is 7.29. The molecule has 0 fully saturated rings. The lowest BCUT2D eigenvalue weighted by Crippen LogP contribution is -2.44. The largest absolute Gasteiger partial charge is 0.332 e. The van der Waals surface area contributed by atoms with Gasteiger partial charge in [-0.3, -0.25) is 0 Å². The first-order valence-corrected chi connectivity index (χ1v) is 8.45. The Bertz CT molecular complexity index is 746. The zero-order chi connectivity index (χ0) is 16.6. The van der Waals surface area contributed by atoms with E-state index in [9.17, 15) is 4.39 Å². The summed E-state index contributed by atoms with van der Waals surface area (Å²) >= 11 is 17.6. The zero-order valence-electron chi connectivity index (χ0n) is 12.4. The molecule has 1 aliphatic heterocycles. The molecule has 0 bridgehead atoms. The van der Waals surface area contributed by atoms with Crippen LogP contribution >= 0.6 is 35.4 Å². The van der Waals surface area contributed by atoms with Gasteiger partial charge >= 0.3 is 0 Å². The number of rotatable bonds is 1. The van der Waals surface area contributed by atoms with Gasteiger partial charge in [-0.25, -0.2) is 4.39 Å². The van der Waals surface area contributed by atoms with Gasteiger partial charge in [0.2, 0.25) is 0 Å².